The Morgan fingerprint density at radius 3 is 2.05 bits per heavy atom. The topological polar surface area (TPSA) is 50.1 Å². The summed E-state index contributed by atoms with van der Waals surface area (Å²) < 4.78 is 5.42. The predicted molar refractivity (Wildman–Crippen MR) is 84.1 cm³/mol. The maximum atomic E-state index is 12.0. The van der Waals surface area contributed by atoms with Crippen LogP contribution in [0.15, 0.2) is 48.5 Å². The zero-order chi connectivity index (χ0) is 15.7. The molecule has 110 valence electrons. The van der Waals surface area contributed by atoms with Crippen molar-refractivity contribution in [2.75, 3.05) is 0 Å². The van der Waals surface area contributed by atoms with Gasteiger partial charge in [0.05, 0.1) is 17.6 Å². The highest BCUT2D eigenvalue weighted by atomic mass is 16.5. The zero-order valence-electron chi connectivity index (χ0n) is 12.7. The molecule has 1 atom stereocenters. The lowest BCUT2D eigenvalue weighted by Gasteiger charge is -2.07. The van der Waals surface area contributed by atoms with E-state index in [1.54, 1.807) is 24.3 Å². The van der Waals surface area contributed by atoms with Gasteiger partial charge in [0.2, 0.25) is 0 Å². The summed E-state index contributed by atoms with van der Waals surface area (Å²) in [5, 5.41) is 8.81. The summed E-state index contributed by atoms with van der Waals surface area (Å²) in [6.45, 7) is 4.15. The van der Waals surface area contributed by atoms with Crippen LogP contribution in [-0.2, 0) is 4.79 Å². The van der Waals surface area contributed by atoms with E-state index in [0.29, 0.717) is 11.3 Å². The Balaban J connectivity index is 1.70. The first kappa shape index (κ1) is 14.3. The molecule has 0 aliphatic heterocycles. The van der Waals surface area contributed by atoms with Gasteiger partial charge in [-0.2, -0.15) is 5.26 Å². The molecule has 0 aromatic heterocycles. The third-order valence-electron chi connectivity index (χ3n) is 4.22. The Bertz CT molecular complexity index is 736. The molecule has 1 aliphatic rings. The van der Waals surface area contributed by atoms with Gasteiger partial charge in [0.15, 0.2) is 0 Å². The Hall–Kier alpha value is -2.60. The van der Waals surface area contributed by atoms with Gasteiger partial charge in [-0.1, -0.05) is 38.1 Å². The average molecular weight is 291 g/mol. The van der Waals surface area contributed by atoms with E-state index in [1.165, 1.54) is 0 Å². The van der Waals surface area contributed by atoms with E-state index in [9.17, 15) is 4.79 Å². The molecule has 0 saturated heterocycles. The fourth-order valence-corrected chi connectivity index (χ4v) is 2.51. The fourth-order valence-electron chi connectivity index (χ4n) is 2.51. The maximum absolute atomic E-state index is 12.0. The van der Waals surface area contributed by atoms with Crippen LogP contribution in [0, 0.1) is 22.7 Å². The third kappa shape index (κ3) is 2.87. The Labute approximate surface area is 130 Å². The number of benzene rings is 2. The molecule has 3 nitrogen and oxygen atoms in total. The number of nitriles is 1. The Morgan fingerprint density at radius 2 is 1.59 bits per heavy atom. The number of ether oxygens (including phenoxy) is 1. The molecule has 22 heavy (non-hydrogen) atoms. The molecule has 3 heteroatoms. The van der Waals surface area contributed by atoms with Crippen LogP contribution in [0.5, 0.6) is 5.75 Å². The number of rotatable bonds is 3. The first-order valence-electron chi connectivity index (χ1n) is 7.32. The van der Waals surface area contributed by atoms with Crippen molar-refractivity contribution in [1.29, 1.82) is 5.26 Å². The van der Waals surface area contributed by atoms with Gasteiger partial charge in [-0.3, -0.25) is 4.79 Å². The van der Waals surface area contributed by atoms with E-state index in [-0.39, 0.29) is 17.3 Å². The van der Waals surface area contributed by atoms with Crippen LogP contribution in [0.1, 0.15) is 25.8 Å². The maximum Gasteiger partial charge on any atom is 0.314 e. The van der Waals surface area contributed by atoms with Gasteiger partial charge in [-0.05, 0) is 47.2 Å². The van der Waals surface area contributed by atoms with Crippen LogP contribution in [0.25, 0.3) is 11.1 Å². The van der Waals surface area contributed by atoms with Gasteiger partial charge in [0.25, 0.3) is 0 Å². The molecule has 0 radical (unpaired) electrons. The van der Waals surface area contributed by atoms with Gasteiger partial charge in [0.1, 0.15) is 5.75 Å². The smallest absolute Gasteiger partial charge is 0.314 e. The molecule has 0 amide bonds. The summed E-state index contributed by atoms with van der Waals surface area (Å²) >= 11 is 0. The molecule has 2 aromatic carbocycles. The monoisotopic (exact) mass is 291 g/mol. The van der Waals surface area contributed by atoms with Crippen molar-refractivity contribution in [3.8, 4) is 22.9 Å². The van der Waals surface area contributed by atoms with Crippen molar-refractivity contribution >= 4 is 5.97 Å². The largest absolute Gasteiger partial charge is 0.426 e. The van der Waals surface area contributed by atoms with E-state index in [0.717, 1.165) is 17.5 Å². The van der Waals surface area contributed by atoms with Crippen LogP contribution < -0.4 is 4.74 Å². The summed E-state index contributed by atoms with van der Waals surface area (Å²) in [5.41, 5.74) is 2.78. The highest BCUT2D eigenvalue weighted by Gasteiger charge is 2.51. The standard InChI is InChI=1S/C19H17NO2/c1-19(2)11-17(19)18(21)22-16-9-7-15(8-10-16)14-5-3-13(12-20)4-6-14/h3-10,17H,11H2,1-2H3/t17-/m1/s1. The van der Waals surface area contributed by atoms with Gasteiger partial charge in [0, 0.05) is 0 Å². The minimum absolute atomic E-state index is 0.0192. The van der Waals surface area contributed by atoms with Gasteiger partial charge >= 0.3 is 5.97 Å². The first-order chi connectivity index (χ1) is 10.5. The summed E-state index contributed by atoms with van der Waals surface area (Å²) in [6.07, 6.45) is 0.898. The third-order valence-corrected chi connectivity index (χ3v) is 4.22. The number of esters is 1. The van der Waals surface area contributed by atoms with Gasteiger partial charge in [-0.15, -0.1) is 0 Å². The number of nitrogens with zero attached hydrogens (tertiary/aromatic N) is 1. The zero-order valence-corrected chi connectivity index (χ0v) is 12.7. The lowest BCUT2D eigenvalue weighted by Crippen LogP contribution is -2.13. The van der Waals surface area contributed by atoms with Crippen LogP contribution in [0.4, 0.5) is 0 Å². The van der Waals surface area contributed by atoms with Crippen molar-refractivity contribution in [2.24, 2.45) is 11.3 Å². The molecule has 1 aliphatic carbocycles. The van der Waals surface area contributed by atoms with E-state index >= 15 is 0 Å². The van der Waals surface area contributed by atoms with Crippen LogP contribution in [-0.4, -0.2) is 5.97 Å². The number of hydrogen-bond donors (Lipinski definition) is 0. The quantitative estimate of drug-likeness (QED) is 0.629. The van der Waals surface area contributed by atoms with Crippen molar-refractivity contribution in [2.45, 2.75) is 20.3 Å². The molecule has 1 saturated carbocycles. The minimum atomic E-state index is -0.142. The number of hydrogen-bond acceptors (Lipinski definition) is 3. The SMILES string of the molecule is CC1(C)C[C@@H]1C(=O)Oc1ccc(-c2ccc(C#N)cc2)cc1. The second-order valence-corrected chi connectivity index (χ2v) is 6.38. The van der Waals surface area contributed by atoms with Gasteiger partial charge in [-0.25, -0.2) is 0 Å². The summed E-state index contributed by atoms with van der Waals surface area (Å²) in [7, 11) is 0. The molecule has 0 heterocycles. The average Bonchev–Trinajstić information content (AvgIpc) is 3.17. The Kier molecular flexibility index (Phi) is 3.46. The number of carbonyl (C=O) groups excluding carboxylic acids is 1. The van der Waals surface area contributed by atoms with Crippen molar-refractivity contribution in [3.63, 3.8) is 0 Å². The molecule has 0 bridgehead atoms. The summed E-state index contributed by atoms with van der Waals surface area (Å²) in [6, 6.07) is 17.0. The lowest BCUT2D eigenvalue weighted by molar-refractivity contribution is -0.136. The molecular weight excluding hydrogens is 274 g/mol. The van der Waals surface area contributed by atoms with Gasteiger partial charge < -0.3 is 4.74 Å². The summed E-state index contributed by atoms with van der Waals surface area (Å²) in [5.74, 6) is 0.451. The van der Waals surface area contributed by atoms with Crippen LogP contribution in [0.3, 0.4) is 0 Å². The molecule has 3 rings (SSSR count). The van der Waals surface area contributed by atoms with Crippen molar-refractivity contribution in [3.05, 3.63) is 54.1 Å². The van der Waals surface area contributed by atoms with Crippen LogP contribution in [0.2, 0.25) is 0 Å². The van der Waals surface area contributed by atoms with Crippen LogP contribution >= 0.6 is 0 Å². The second-order valence-electron chi connectivity index (χ2n) is 6.38. The molecule has 0 N–H and O–H groups in total. The molecular formula is C19H17NO2. The fraction of sp³-hybridized carbons (Fsp3) is 0.263. The number of carbonyl (C=O) groups is 1. The molecule has 0 unspecified atom stereocenters. The van der Waals surface area contributed by atoms with E-state index < -0.39 is 0 Å². The molecule has 1 fully saturated rings. The predicted octanol–water partition coefficient (Wildman–Crippen LogP) is 4.18. The van der Waals surface area contributed by atoms with E-state index in [1.807, 2.05) is 24.3 Å². The molecule has 2 aromatic rings. The second kappa shape index (κ2) is 5.31. The van der Waals surface area contributed by atoms with Crippen molar-refractivity contribution < 1.29 is 9.53 Å². The van der Waals surface area contributed by atoms with Crippen molar-refractivity contribution in [1.82, 2.24) is 0 Å². The van der Waals surface area contributed by atoms with E-state index in [4.69, 9.17) is 10.00 Å². The highest BCUT2D eigenvalue weighted by molar-refractivity contribution is 5.79. The molecule has 0 spiro atoms. The lowest BCUT2D eigenvalue weighted by atomic mass is 10.0. The Morgan fingerprint density at radius 1 is 1.09 bits per heavy atom. The normalized spacial score (nSPS) is 18.3. The first-order valence-corrected chi connectivity index (χ1v) is 7.32. The highest BCUT2D eigenvalue weighted by Crippen LogP contribution is 2.52. The minimum Gasteiger partial charge on any atom is -0.426 e. The van der Waals surface area contributed by atoms with E-state index in [2.05, 4.69) is 19.9 Å². The summed E-state index contributed by atoms with van der Waals surface area (Å²) in [4.78, 5) is 12.0.